The minimum absolute atomic E-state index is 0.0266. The van der Waals surface area contributed by atoms with E-state index < -0.39 is 0 Å². The normalized spacial score (nSPS) is 21.9. The van der Waals surface area contributed by atoms with Gasteiger partial charge in [0.15, 0.2) is 5.17 Å². The van der Waals surface area contributed by atoms with E-state index in [1.54, 1.807) is 23.9 Å². The molecule has 1 aromatic rings. The highest BCUT2D eigenvalue weighted by molar-refractivity contribution is 8.15. The Kier molecular flexibility index (Phi) is 3.75. The van der Waals surface area contributed by atoms with Crippen LogP contribution in [-0.2, 0) is 11.2 Å². The van der Waals surface area contributed by atoms with Gasteiger partial charge in [0.1, 0.15) is 0 Å². The molecule has 0 spiro atoms. The summed E-state index contributed by atoms with van der Waals surface area (Å²) in [4.78, 5) is 18.4. The Labute approximate surface area is 122 Å². The number of aliphatic imine (C=N–C) groups is 1. The van der Waals surface area contributed by atoms with Gasteiger partial charge in [-0.2, -0.15) is 10.3 Å². The lowest BCUT2D eigenvalue weighted by Gasteiger charge is -2.16. The number of carbonyl (C=O) groups is 1. The topological polar surface area (TPSA) is 56.5 Å². The molecule has 0 aromatic heterocycles. The van der Waals surface area contributed by atoms with Gasteiger partial charge in [0, 0.05) is 13.1 Å². The highest BCUT2D eigenvalue weighted by atomic mass is 32.2. The third kappa shape index (κ3) is 2.70. The quantitative estimate of drug-likeness (QED) is 0.836. The molecule has 1 fully saturated rings. The highest BCUT2D eigenvalue weighted by Gasteiger charge is 2.32. The molecule has 2 aliphatic heterocycles. The molecule has 1 aromatic carbocycles. The molecule has 1 unspecified atom stereocenters. The molecular formula is C15H15N3OS. The van der Waals surface area contributed by atoms with E-state index >= 15 is 0 Å². The Bertz CT molecular complexity index is 582. The van der Waals surface area contributed by atoms with Crippen molar-refractivity contribution in [3.63, 3.8) is 0 Å². The number of likely N-dealkylation sites (tertiary alicyclic amines) is 1. The number of nitrogens with zero attached hydrogens (tertiary/aromatic N) is 3. The molecule has 2 aliphatic rings. The van der Waals surface area contributed by atoms with Crippen LogP contribution in [0.2, 0.25) is 0 Å². The predicted octanol–water partition coefficient (Wildman–Crippen LogP) is 2.19. The van der Waals surface area contributed by atoms with Crippen molar-refractivity contribution in [3.05, 3.63) is 35.4 Å². The molecule has 1 amide bonds. The molecule has 3 rings (SSSR count). The molecule has 5 heteroatoms. The van der Waals surface area contributed by atoms with Crippen molar-refractivity contribution in [2.45, 2.75) is 24.5 Å². The van der Waals surface area contributed by atoms with Gasteiger partial charge in [-0.15, -0.1) is 0 Å². The summed E-state index contributed by atoms with van der Waals surface area (Å²) >= 11 is 1.58. The van der Waals surface area contributed by atoms with Gasteiger partial charge in [0.05, 0.1) is 16.9 Å². The summed E-state index contributed by atoms with van der Waals surface area (Å²) in [5, 5.41) is 9.56. The zero-order valence-electron chi connectivity index (χ0n) is 11.1. The largest absolute Gasteiger partial charge is 0.351 e. The third-order valence-electron chi connectivity index (χ3n) is 3.61. The summed E-state index contributed by atoms with van der Waals surface area (Å²) in [7, 11) is 0. The third-order valence-corrected chi connectivity index (χ3v) is 4.82. The molecule has 1 saturated heterocycles. The van der Waals surface area contributed by atoms with Gasteiger partial charge in [0.25, 0.3) is 5.91 Å². The number of amidine groups is 1. The maximum Gasteiger partial charge on any atom is 0.262 e. The Morgan fingerprint density at radius 2 is 2.00 bits per heavy atom. The fraction of sp³-hybridized carbons (Fsp3) is 0.400. The van der Waals surface area contributed by atoms with Crippen molar-refractivity contribution in [3.8, 4) is 6.07 Å². The number of hydrogen-bond donors (Lipinski definition) is 0. The van der Waals surface area contributed by atoms with E-state index in [0.717, 1.165) is 23.8 Å². The van der Waals surface area contributed by atoms with E-state index in [1.807, 2.05) is 12.1 Å². The number of hydrogen-bond acceptors (Lipinski definition) is 4. The molecule has 0 aliphatic carbocycles. The number of carbonyl (C=O) groups excluding carboxylic acids is 1. The van der Waals surface area contributed by atoms with Crippen LogP contribution in [0.15, 0.2) is 29.3 Å². The lowest BCUT2D eigenvalue weighted by molar-refractivity contribution is -0.117. The lowest BCUT2D eigenvalue weighted by atomic mass is 10.1. The Morgan fingerprint density at radius 1 is 1.30 bits per heavy atom. The van der Waals surface area contributed by atoms with E-state index in [2.05, 4.69) is 16.0 Å². The minimum atomic E-state index is -0.112. The number of nitriles is 1. The van der Waals surface area contributed by atoms with Crippen LogP contribution in [-0.4, -0.2) is 34.3 Å². The van der Waals surface area contributed by atoms with Crippen LogP contribution >= 0.6 is 11.8 Å². The molecule has 102 valence electrons. The van der Waals surface area contributed by atoms with Gasteiger partial charge >= 0.3 is 0 Å². The van der Waals surface area contributed by atoms with Gasteiger partial charge in [-0.05, 0) is 37.0 Å². The highest BCUT2D eigenvalue weighted by Crippen LogP contribution is 2.29. The van der Waals surface area contributed by atoms with Gasteiger partial charge in [-0.1, -0.05) is 23.9 Å². The van der Waals surface area contributed by atoms with E-state index in [4.69, 9.17) is 5.26 Å². The molecule has 2 heterocycles. The van der Waals surface area contributed by atoms with Crippen LogP contribution in [0.25, 0.3) is 0 Å². The first kappa shape index (κ1) is 13.2. The van der Waals surface area contributed by atoms with Crippen molar-refractivity contribution < 1.29 is 4.79 Å². The molecule has 20 heavy (non-hydrogen) atoms. The maximum absolute atomic E-state index is 12.0. The van der Waals surface area contributed by atoms with E-state index in [0.29, 0.717) is 12.0 Å². The second kappa shape index (κ2) is 5.68. The lowest BCUT2D eigenvalue weighted by Crippen LogP contribution is -2.24. The second-order valence-electron chi connectivity index (χ2n) is 5.05. The van der Waals surface area contributed by atoms with Crippen LogP contribution in [0.1, 0.15) is 24.0 Å². The van der Waals surface area contributed by atoms with Crippen LogP contribution in [0.5, 0.6) is 0 Å². The summed E-state index contributed by atoms with van der Waals surface area (Å²) in [6, 6.07) is 9.52. The van der Waals surface area contributed by atoms with Crippen molar-refractivity contribution in [2.75, 3.05) is 13.1 Å². The first-order valence-electron chi connectivity index (χ1n) is 6.79. The smallest absolute Gasteiger partial charge is 0.262 e. The van der Waals surface area contributed by atoms with Crippen molar-refractivity contribution >= 4 is 22.8 Å². The summed E-state index contributed by atoms with van der Waals surface area (Å²) in [5.41, 5.74) is 1.72. The van der Waals surface area contributed by atoms with E-state index in [9.17, 15) is 4.79 Å². The standard InChI is InChI=1S/C15H15N3OS/c16-10-12-5-3-11(4-6-12)9-13-14(19)17-15(20-13)18-7-1-2-8-18/h3-6,13H,1-2,7-9H2. The molecule has 0 N–H and O–H groups in total. The van der Waals surface area contributed by atoms with Crippen LogP contribution in [0.4, 0.5) is 0 Å². The fourth-order valence-corrected chi connectivity index (χ4v) is 3.64. The second-order valence-corrected chi connectivity index (χ2v) is 6.22. The summed E-state index contributed by atoms with van der Waals surface area (Å²) in [6.07, 6.45) is 3.05. The average Bonchev–Trinajstić information content (AvgIpc) is 3.10. The Morgan fingerprint density at radius 3 is 2.65 bits per heavy atom. The Hall–Kier alpha value is -1.80. The predicted molar refractivity (Wildman–Crippen MR) is 79.5 cm³/mol. The van der Waals surface area contributed by atoms with Gasteiger partial charge in [-0.3, -0.25) is 4.79 Å². The number of amides is 1. The zero-order chi connectivity index (χ0) is 13.9. The first-order valence-corrected chi connectivity index (χ1v) is 7.67. The molecule has 0 radical (unpaired) electrons. The summed E-state index contributed by atoms with van der Waals surface area (Å²) in [5.74, 6) is -0.0266. The number of rotatable bonds is 2. The first-order chi connectivity index (χ1) is 9.76. The van der Waals surface area contributed by atoms with Crippen LogP contribution < -0.4 is 0 Å². The van der Waals surface area contributed by atoms with Gasteiger partial charge in [0.2, 0.25) is 0 Å². The van der Waals surface area contributed by atoms with Gasteiger partial charge < -0.3 is 4.90 Å². The molecule has 4 nitrogen and oxygen atoms in total. The SMILES string of the molecule is N#Cc1ccc(CC2SC(N3CCCC3)=NC2=O)cc1. The number of thioether (sulfide) groups is 1. The molecular weight excluding hydrogens is 270 g/mol. The number of benzene rings is 1. The van der Waals surface area contributed by atoms with Crippen molar-refractivity contribution in [2.24, 2.45) is 4.99 Å². The van der Waals surface area contributed by atoms with Crippen LogP contribution in [0.3, 0.4) is 0 Å². The zero-order valence-corrected chi connectivity index (χ0v) is 11.9. The van der Waals surface area contributed by atoms with Crippen molar-refractivity contribution in [1.82, 2.24) is 4.90 Å². The monoisotopic (exact) mass is 285 g/mol. The summed E-state index contributed by atoms with van der Waals surface area (Å²) in [6.45, 7) is 2.03. The van der Waals surface area contributed by atoms with Crippen molar-refractivity contribution in [1.29, 1.82) is 5.26 Å². The van der Waals surface area contributed by atoms with E-state index in [-0.39, 0.29) is 11.2 Å². The Balaban J connectivity index is 1.64. The van der Waals surface area contributed by atoms with E-state index in [1.165, 1.54) is 12.8 Å². The van der Waals surface area contributed by atoms with Gasteiger partial charge in [-0.25, -0.2) is 0 Å². The maximum atomic E-state index is 12.0. The average molecular weight is 285 g/mol. The molecule has 0 saturated carbocycles. The van der Waals surface area contributed by atoms with Crippen LogP contribution in [0, 0.1) is 11.3 Å². The fourth-order valence-electron chi connectivity index (χ4n) is 2.48. The molecule has 1 atom stereocenters. The minimum Gasteiger partial charge on any atom is -0.351 e. The summed E-state index contributed by atoms with van der Waals surface area (Å²) < 4.78 is 0. The molecule has 0 bridgehead atoms.